The molecule has 3 rings (SSSR count). The summed E-state index contributed by atoms with van der Waals surface area (Å²) >= 11 is 24.2. The first-order valence-corrected chi connectivity index (χ1v) is 9.71. The molecule has 2 aromatic carbocycles. The Bertz CT molecular complexity index is 944. The summed E-state index contributed by atoms with van der Waals surface area (Å²) in [6.07, 6.45) is 5.35. The van der Waals surface area contributed by atoms with Crippen LogP contribution in [0.5, 0.6) is 0 Å². The zero-order chi connectivity index (χ0) is 19.4. The minimum absolute atomic E-state index is 0.187. The van der Waals surface area contributed by atoms with E-state index in [-0.39, 0.29) is 6.04 Å². The number of anilines is 1. The van der Waals surface area contributed by atoms with Crippen LogP contribution in [0.1, 0.15) is 17.2 Å². The van der Waals surface area contributed by atoms with Gasteiger partial charge in [-0.3, -0.25) is 0 Å². The van der Waals surface area contributed by atoms with Gasteiger partial charge in [-0.25, -0.2) is 4.98 Å². The topological polar surface area (TPSA) is 41.9 Å². The molecule has 1 heterocycles. The first-order chi connectivity index (χ1) is 12.9. The van der Waals surface area contributed by atoms with Gasteiger partial charge >= 0.3 is 0 Å². The summed E-state index contributed by atoms with van der Waals surface area (Å²) in [5, 5.41) is 8.64. The average molecular weight is 440 g/mol. The lowest BCUT2D eigenvalue weighted by Crippen LogP contribution is -2.34. The number of rotatable bonds is 5. The quantitative estimate of drug-likeness (QED) is 0.487. The van der Waals surface area contributed by atoms with Crippen LogP contribution in [0, 0.1) is 6.92 Å². The van der Waals surface area contributed by atoms with Gasteiger partial charge in [-0.1, -0.05) is 46.9 Å². The van der Waals surface area contributed by atoms with Gasteiger partial charge < -0.3 is 15.2 Å². The highest BCUT2D eigenvalue weighted by Gasteiger charge is 2.17. The van der Waals surface area contributed by atoms with Crippen LogP contribution >= 0.6 is 47.0 Å². The Morgan fingerprint density at radius 2 is 1.96 bits per heavy atom. The highest BCUT2D eigenvalue weighted by molar-refractivity contribution is 7.80. The molecule has 1 atom stereocenters. The number of hydrogen-bond donors (Lipinski definition) is 2. The molecule has 0 amide bonds. The molecule has 0 aliphatic carbocycles. The maximum Gasteiger partial charge on any atom is 0.171 e. The number of benzene rings is 2. The van der Waals surface area contributed by atoms with Crippen molar-refractivity contribution < 1.29 is 0 Å². The Morgan fingerprint density at radius 3 is 2.63 bits per heavy atom. The molecule has 0 radical (unpaired) electrons. The molecule has 0 aliphatic rings. The van der Waals surface area contributed by atoms with E-state index in [9.17, 15) is 0 Å². The number of nitrogens with zero attached hydrogens (tertiary/aromatic N) is 2. The smallest absolute Gasteiger partial charge is 0.171 e. The van der Waals surface area contributed by atoms with E-state index in [1.807, 2.05) is 42.0 Å². The number of halogens is 3. The van der Waals surface area contributed by atoms with Crippen LogP contribution in [0.3, 0.4) is 0 Å². The second-order valence-electron chi connectivity index (χ2n) is 6.06. The zero-order valence-electron chi connectivity index (χ0n) is 14.4. The van der Waals surface area contributed by atoms with Crippen LogP contribution in [0.4, 0.5) is 5.69 Å². The number of imidazole rings is 1. The lowest BCUT2D eigenvalue weighted by molar-refractivity contribution is 0.534. The van der Waals surface area contributed by atoms with Gasteiger partial charge in [-0.2, -0.15) is 0 Å². The van der Waals surface area contributed by atoms with Crippen molar-refractivity contribution in [3.8, 4) is 0 Å². The fraction of sp³-hybridized carbons (Fsp3) is 0.158. The van der Waals surface area contributed by atoms with Crippen molar-refractivity contribution in [2.75, 3.05) is 5.32 Å². The second kappa shape index (κ2) is 8.93. The number of aromatic nitrogens is 2. The van der Waals surface area contributed by atoms with Gasteiger partial charge in [0.25, 0.3) is 0 Å². The van der Waals surface area contributed by atoms with E-state index in [4.69, 9.17) is 47.0 Å². The molecule has 0 aliphatic heterocycles. The predicted molar refractivity (Wildman–Crippen MR) is 117 cm³/mol. The fourth-order valence-electron chi connectivity index (χ4n) is 2.65. The maximum absolute atomic E-state index is 6.42. The summed E-state index contributed by atoms with van der Waals surface area (Å²) in [5.41, 5.74) is 2.70. The van der Waals surface area contributed by atoms with Gasteiger partial charge in [0.15, 0.2) is 5.11 Å². The summed E-state index contributed by atoms with van der Waals surface area (Å²) < 4.78 is 1.95. The molecule has 0 saturated heterocycles. The van der Waals surface area contributed by atoms with E-state index < -0.39 is 0 Å². The Balaban J connectivity index is 1.81. The summed E-state index contributed by atoms with van der Waals surface area (Å²) in [6, 6.07) is 11.0. The highest BCUT2D eigenvalue weighted by Crippen LogP contribution is 2.28. The Hall–Kier alpha value is -1.79. The van der Waals surface area contributed by atoms with Crippen molar-refractivity contribution >= 4 is 57.8 Å². The van der Waals surface area contributed by atoms with Crippen molar-refractivity contribution in [1.82, 2.24) is 14.9 Å². The molecule has 2 N–H and O–H groups in total. The van der Waals surface area contributed by atoms with Gasteiger partial charge in [0.05, 0.1) is 23.1 Å². The number of hydrogen-bond acceptors (Lipinski definition) is 2. The Kier molecular flexibility index (Phi) is 6.60. The van der Waals surface area contributed by atoms with Crippen molar-refractivity contribution in [3.63, 3.8) is 0 Å². The molecule has 140 valence electrons. The highest BCUT2D eigenvalue weighted by atomic mass is 35.5. The molecule has 1 aromatic heterocycles. The van der Waals surface area contributed by atoms with E-state index in [1.54, 1.807) is 24.7 Å². The fourth-order valence-corrected chi connectivity index (χ4v) is 3.72. The van der Waals surface area contributed by atoms with E-state index in [1.165, 1.54) is 0 Å². The van der Waals surface area contributed by atoms with E-state index in [2.05, 4.69) is 15.6 Å². The number of thiocarbonyl (C=S) groups is 1. The van der Waals surface area contributed by atoms with E-state index in [0.29, 0.717) is 26.7 Å². The third-order valence-corrected chi connectivity index (χ3v) is 5.06. The van der Waals surface area contributed by atoms with Crippen molar-refractivity contribution in [2.24, 2.45) is 0 Å². The normalized spacial score (nSPS) is 11.9. The largest absolute Gasteiger partial charge is 0.354 e. The van der Waals surface area contributed by atoms with Crippen molar-refractivity contribution in [3.05, 3.63) is 81.3 Å². The SMILES string of the molecule is Cc1ccc(NC(=S)NC(Cn2ccnc2)c2ccc(Cl)cc2Cl)c(Cl)c1. The van der Waals surface area contributed by atoms with Crippen molar-refractivity contribution in [2.45, 2.75) is 19.5 Å². The van der Waals surface area contributed by atoms with Gasteiger partial charge in [0.2, 0.25) is 0 Å². The summed E-state index contributed by atoms with van der Waals surface area (Å²) in [6.45, 7) is 2.57. The molecule has 8 heteroatoms. The molecule has 27 heavy (non-hydrogen) atoms. The van der Waals surface area contributed by atoms with E-state index in [0.717, 1.165) is 16.8 Å². The van der Waals surface area contributed by atoms with Crippen LogP contribution in [0.2, 0.25) is 15.1 Å². The van der Waals surface area contributed by atoms with Gasteiger partial charge in [-0.05, 0) is 54.5 Å². The minimum Gasteiger partial charge on any atom is -0.354 e. The summed E-state index contributed by atoms with van der Waals surface area (Å²) in [7, 11) is 0. The van der Waals surface area contributed by atoms with Crippen LogP contribution in [-0.4, -0.2) is 14.7 Å². The van der Waals surface area contributed by atoms with Gasteiger partial charge in [0.1, 0.15) is 0 Å². The molecular formula is C19H17Cl3N4S. The predicted octanol–water partition coefficient (Wildman–Crippen LogP) is 5.88. The Morgan fingerprint density at radius 1 is 1.15 bits per heavy atom. The van der Waals surface area contributed by atoms with Gasteiger partial charge in [-0.15, -0.1) is 0 Å². The third kappa shape index (κ3) is 5.36. The molecule has 3 aromatic rings. The van der Waals surface area contributed by atoms with Crippen LogP contribution in [0.15, 0.2) is 55.1 Å². The van der Waals surface area contributed by atoms with Gasteiger partial charge in [0, 0.05) is 29.0 Å². The summed E-state index contributed by atoms with van der Waals surface area (Å²) in [5.74, 6) is 0. The molecule has 4 nitrogen and oxygen atoms in total. The first kappa shape index (κ1) is 20.0. The van der Waals surface area contributed by atoms with Crippen LogP contribution in [0.25, 0.3) is 0 Å². The number of aryl methyl sites for hydroxylation is 1. The van der Waals surface area contributed by atoms with Crippen molar-refractivity contribution in [1.29, 1.82) is 0 Å². The first-order valence-electron chi connectivity index (χ1n) is 8.17. The minimum atomic E-state index is -0.187. The maximum atomic E-state index is 6.42. The average Bonchev–Trinajstić information content (AvgIpc) is 3.10. The third-order valence-electron chi connectivity index (χ3n) is 3.97. The lowest BCUT2D eigenvalue weighted by Gasteiger charge is -2.23. The molecule has 0 spiro atoms. The lowest BCUT2D eigenvalue weighted by atomic mass is 10.1. The molecule has 0 fully saturated rings. The van der Waals surface area contributed by atoms with E-state index >= 15 is 0 Å². The van der Waals surface area contributed by atoms with Crippen LogP contribution < -0.4 is 10.6 Å². The Labute approximate surface area is 178 Å². The molecule has 0 saturated carbocycles. The monoisotopic (exact) mass is 438 g/mol. The summed E-state index contributed by atoms with van der Waals surface area (Å²) in [4.78, 5) is 4.09. The molecule has 0 bridgehead atoms. The standard InChI is InChI=1S/C19H17Cl3N4S/c1-12-2-5-17(16(22)8-12)24-19(27)25-18(10-26-7-6-23-11-26)14-4-3-13(20)9-15(14)21/h2-9,11,18H,10H2,1H3,(H2,24,25,27). The molecule has 1 unspecified atom stereocenters. The second-order valence-corrected chi connectivity index (χ2v) is 7.72. The van der Waals surface area contributed by atoms with Crippen LogP contribution in [-0.2, 0) is 6.54 Å². The number of nitrogens with one attached hydrogen (secondary N) is 2. The zero-order valence-corrected chi connectivity index (χ0v) is 17.5. The molecular weight excluding hydrogens is 423 g/mol.